The summed E-state index contributed by atoms with van der Waals surface area (Å²) in [7, 11) is 0. The van der Waals surface area contributed by atoms with Gasteiger partial charge in [0, 0.05) is 32.1 Å². The largest absolute Gasteiger partial charge is 0.356 e. The topological polar surface area (TPSA) is 49.4 Å². The van der Waals surface area contributed by atoms with Gasteiger partial charge in [-0.2, -0.15) is 0 Å². The number of carbonyl (C=O) groups excluding carboxylic acids is 2. The van der Waals surface area contributed by atoms with Crippen LogP contribution in [0.3, 0.4) is 0 Å². The number of benzene rings is 1. The summed E-state index contributed by atoms with van der Waals surface area (Å²) in [6, 6.07) is 9.83. The molecule has 2 rings (SSSR count). The van der Waals surface area contributed by atoms with Crippen molar-refractivity contribution in [2.45, 2.75) is 32.6 Å². The van der Waals surface area contributed by atoms with Crippen LogP contribution >= 0.6 is 0 Å². The van der Waals surface area contributed by atoms with E-state index in [-0.39, 0.29) is 11.8 Å². The number of piperidine rings is 1. The van der Waals surface area contributed by atoms with E-state index in [2.05, 4.69) is 5.32 Å². The van der Waals surface area contributed by atoms with Crippen molar-refractivity contribution in [3.63, 3.8) is 0 Å². The van der Waals surface area contributed by atoms with Gasteiger partial charge in [0.15, 0.2) is 0 Å². The molecule has 1 atom stereocenters. The zero-order chi connectivity index (χ0) is 16.5. The van der Waals surface area contributed by atoms with E-state index in [9.17, 15) is 9.59 Å². The van der Waals surface area contributed by atoms with Crippen LogP contribution in [0.25, 0.3) is 6.08 Å². The first kappa shape index (κ1) is 17.3. The van der Waals surface area contributed by atoms with E-state index in [0.717, 1.165) is 37.9 Å². The van der Waals surface area contributed by atoms with E-state index in [4.69, 9.17) is 0 Å². The highest BCUT2D eigenvalue weighted by molar-refractivity contribution is 5.91. The molecular formula is C19H26N2O2. The van der Waals surface area contributed by atoms with Crippen molar-refractivity contribution in [1.82, 2.24) is 10.2 Å². The summed E-state index contributed by atoms with van der Waals surface area (Å²) in [6.45, 7) is 4.20. The normalized spacial score (nSPS) is 18.1. The van der Waals surface area contributed by atoms with Crippen molar-refractivity contribution in [1.29, 1.82) is 0 Å². The van der Waals surface area contributed by atoms with Crippen molar-refractivity contribution in [3.05, 3.63) is 42.0 Å². The second kappa shape index (κ2) is 9.13. The van der Waals surface area contributed by atoms with Crippen LogP contribution < -0.4 is 5.32 Å². The van der Waals surface area contributed by atoms with Gasteiger partial charge in [-0.05, 0) is 36.8 Å². The lowest BCUT2D eigenvalue weighted by atomic mass is 9.97. The summed E-state index contributed by atoms with van der Waals surface area (Å²) >= 11 is 0. The molecule has 1 saturated heterocycles. The van der Waals surface area contributed by atoms with Crippen LogP contribution in [0.15, 0.2) is 36.4 Å². The molecule has 0 radical (unpaired) electrons. The molecule has 1 aromatic carbocycles. The predicted molar refractivity (Wildman–Crippen MR) is 92.7 cm³/mol. The minimum atomic E-state index is 0.0541. The molecule has 4 nitrogen and oxygen atoms in total. The van der Waals surface area contributed by atoms with Crippen molar-refractivity contribution in [3.8, 4) is 0 Å². The fourth-order valence-electron chi connectivity index (χ4n) is 2.84. The van der Waals surface area contributed by atoms with E-state index >= 15 is 0 Å². The molecule has 0 spiro atoms. The Morgan fingerprint density at radius 1 is 1.30 bits per heavy atom. The quantitative estimate of drug-likeness (QED) is 0.821. The number of nitrogens with one attached hydrogen (secondary N) is 1. The highest BCUT2D eigenvalue weighted by Gasteiger charge is 2.22. The summed E-state index contributed by atoms with van der Waals surface area (Å²) in [4.78, 5) is 25.8. The first-order chi connectivity index (χ1) is 11.2. The van der Waals surface area contributed by atoms with Gasteiger partial charge in [0.25, 0.3) is 0 Å². The standard InChI is InChI=1S/C19H26N2O2/c1-2-7-18(22)20-14-17-10-6-13-21(15-17)19(23)12-11-16-8-4-3-5-9-16/h3-5,8-9,11-12,17H,2,6-7,10,13-15H2,1H3,(H,20,22)/b12-11+/t17-/m0/s1. The minimum absolute atomic E-state index is 0.0541. The lowest BCUT2D eigenvalue weighted by Gasteiger charge is -2.32. The number of rotatable bonds is 6. The molecule has 0 aliphatic carbocycles. The number of likely N-dealkylation sites (tertiary alicyclic amines) is 1. The van der Waals surface area contributed by atoms with E-state index in [1.807, 2.05) is 48.2 Å². The lowest BCUT2D eigenvalue weighted by molar-refractivity contribution is -0.127. The maximum Gasteiger partial charge on any atom is 0.246 e. The van der Waals surface area contributed by atoms with Crippen molar-refractivity contribution < 1.29 is 9.59 Å². The van der Waals surface area contributed by atoms with Crippen LogP contribution in [0.2, 0.25) is 0 Å². The third kappa shape index (κ3) is 5.89. The summed E-state index contributed by atoms with van der Waals surface area (Å²) in [5.41, 5.74) is 1.03. The molecule has 1 aliphatic rings. The van der Waals surface area contributed by atoms with Gasteiger partial charge in [-0.1, -0.05) is 37.3 Å². The van der Waals surface area contributed by atoms with Crippen LogP contribution in [0.1, 0.15) is 38.2 Å². The fraction of sp³-hybridized carbons (Fsp3) is 0.474. The van der Waals surface area contributed by atoms with Crippen LogP contribution in [-0.2, 0) is 9.59 Å². The molecule has 1 fully saturated rings. The van der Waals surface area contributed by atoms with Crippen LogP contribution in [0.4, 0.5) is 0 Å². The van der Waals surface area contributed by atoms with Gasteiger partial charge < -0.3 is 10.2 Å². The second-order valence-corrected chi connectivity index (χ2v) is 6.09. The zero-order valence-electron chi connectivity index (χ0n) is 13.8. The summed E-state index contributed by atoms with van der Waals surface area (Å²) in [5.74, 6) is 0.525. The van der Waals surface area contributed by atoms with Gasteiger partial charge in [0.05, 0.1) is 0 Å². The average Bonchev–Trinajstić information content (AvgIpc) is 2.59. The Bertz CT molecular complexity index is 540. The SMILES string of the molecule is CCCC(=O)NC[C@@H]1CCCN(C(=O)/C=C/c2ccccc2)C1. The molecular weight excluding hydrogens is 288 g/mol. The zero-order valence-corrected chi connectivity index (χ0v) is 13.8. The third-order valence-electron chi connectivity index (χ3n) is 4.11. The predicted octanol–water partition coefficient (Wildman–Crippen LogP) is 2.85. The molecule has 124 valence electrons. The third-order valence-corrected chi connectivity index (χ3v) is 4.11. The average molecular weight is 314 g/mol. The molecule has 1 heterocycles. The molecule has 23 heavy (non-hydrogen) atoms. The van der Waals surface area contributed by atoms with Crippen LogP contribution in [0.5, 0.6) is 0 Å². The Labute approximate surface area is 138 Å². The van der Waals surface area contributed by atoms with E-state index in [1.165, 1.54) is 0 Å². The molecule has 0 unspecified atom stereocenters. The lowest BCUT2D eigenvalue weighted by Crippen LogP contribution is -2.43. The molecule has 0 aromatic heterocycles. The molecule has 2 amide bonds. The number of amides is 2. The number of hydrogen-bond donors (Lipinski definition) is 1. The van der Waals surface area contributed by atoms with Crippen LogP contribution in [-0.4, -0.2) is 36.3 Å². The van der Waals surface area contributed by atoms with Crippen molar-refractivity contribution >= 4 is 17.9 Å². The fourth-order valence-corrected chi connectivity index (χ4v) is 2.84. The molecule has 1 aromatic rings. The van der Waals surface area contributed by atoms with Crippen molar-refractivity contribution in [2.24, 2.45) is 5.92 Å². The van der Waals surface area contributed by atoms with Crippen LogP contribution in [0, 0.1) is 5.92 Å². The molecule has 0 saturated carbocycles. The van der Waals surface area contributed by atoms with E-state index in [1.54, 1.807) is 6.08 Å². The van der Waals surface area contributed by atoms with Gasteiger partial charge >= 0.3 is 0 Å². The molecule has 1 N–H and O–H groups in total. The van der Waals surface area contributed by atoms with E-state index < -0.39 is 0 Å². The van der Waals surface area contributed by atoms with Gasteiger partial charge in [-0.15, -0.1) is 0 Å². The minimum Gasteiger partial charge on any atom is -0.356 e. The number of hydrogen-bond acceptors (Lipinski definition) is 2. The Morgan fingerprint density at radius 2 is 2.09 bits per heavy atom. The maximum absolute atomic E-state index is 12.3. The second-order valence-electron chi connectivity index (χ2n) is 6.09. The Hall–Kier alpha value is -2.10. The Kier molecular flexibility index (Phi) is 6.85. The first-order valence-electron chi connectivity index (χ1n) is 8.47. The summed E-state index contributed by atoms with van der Waals surface area (Å²) < 4.78 is 0. The molecule has 1 aliphatic heterocycles. The smallest absolute Gasteiger partial charge is 0.246 e. The summed E-state index contributed by atoms with van der Waals surface area (Å²) in [6.07, 6.45) is 7.01. The van der Waals surface area contributed by atoms with Crippen molar-refractivity contribution in [2.75, 3.05) is 19.6 Å². The number of carbonyl (C=O) groups is 2. The van der Waals surface area contributed by atoms with E-state index in [0.29, 0.717) is 18.9 Å². The highest BCUT2D eigenvalue weighted by Crippen LogP contribution is 2.16. The summed E-state index contributed by atoms with van der Waals surface area (Å²) in [5, 5.41) is 2.98. The van der Waals surface area contributed by atoms with Gasteiger partial charge in [-0.25, -0.2) is 0 Å². The number of nitrogens with zero attached hydrogens (tertiary/aromatic N) is 1. The molecule has 0 bridgehead atoms. The van der Waals surface area contributed by atoms with Gasteiger partial charge in [0.1, 0.15) is 0 Å². The van der Waals surface area contributed by atoms with Gasteiger partial charge in [0.2, 0.25) is 11.8 Å². The monoisotopic (exact) mass is 314 g/mol. The Balaban J connectivity index is 1.81. The Morgan fingerprint density at radius 3 is 2.83 bits per heavy atom. The maximum atomic E-state index is 12.3. The molecule has 4 heteroatoms. The van der Waals surface area contributed by atoms with Gasteiger partial charge in [-0.3, -0.25) is 9.59 Å². The highest BCUT2D eigenvalue weighted by atomic mass is 16.2. The first-order valence-corrected chi connectivity index (χ1v) is 8.47.